The van der Waals surface area contributed by atoms with Crippen molar-refractivity contribution in [2.24, 2.45) is 10.9 Å². The molecule has 0 radical (unpaired) electrons. The molecule has 5 heteroatoms. The number of aliphatic imine (C=N–C) groups is 1. The number of anilines is 1. The molecule has 34 heavy (non-hydrogen) atoms. The van der Waals surface area contributed by atoms with Gasteiger partial charge < -0.3 is 14.8 Å². The van der Waals surface area contributed by atoms with Crippen molar-refractivity contribution in [3.63, 3.8) is 0 Å². The molecule has 0 saturated heterocycles. The molecule has 5 rings (SSSR count). The van der Waals surface area contributed by atoms with Crippen LogP contribution in [0.3, 0.4) is 0 Å². The fraction of sp³-hybridized carbons (Fsp3) is 0.276. The van der Waals surface area contributed by atoms with Gasteiger partial charge in [-0.2, -0.15) is 0 Å². The van der Waals surface area contributed by atoms with Gasteiger partial charge in [0.1, 0.15) is 0 Å². The van der Waals surface area contributed by atoms with E-state index in [2.05, 4.69) is 71.8 Å². The highest BCUT2D eigenvalue weighted by Crippen LogP contribution is 2.50. The second-order valence-electron chi connectivity index (χ2n) is 8.88. The minimum atomic E-state index is 0.280. The number of allylic oxidation sites excluding steroid dienone is 2. The summed E-state index contributed by atoms with van der Waals surface area (Å²) < 4.78 is 11.0. The number of nitrogens with one attached hydrogen (secondary N) is 1. The van der Waals surface area contributed by atoms with Gasteiger partial charge in [0.25, 0.3) is 0 Å². The van der Waals surface area contributed by atoms with Crippen molar-refractivity contribution in [1.82, 2.24) is 0 Å². The van der Waals surface area contributed by atoms with Crippen LogP contribution in [0.15, 0.2) is 71.7 Å². The van der Waals surface area contributed by atoms with E-state index < -0.39 is 0 Å². The molecule has 3 atom stereocenters. The monoisotopic (exact) mass is 472 g/mol. The summed E-state index contributed by atoms with van der Waals surface area (Å²) in [6, 6.07) is 19.2. The van der Waals surface area contributed by atoms with Crippen molar-refractivity contribution < 1.29 is 9.47 Å². The van der Waals surface area contributed by atoms with E-state index >= 15 is 0 Å². The molecule has 1 aliphatic carbocycles. The summed E-state index contributed by atoms with van der Waals surface area (Å²) in [5.74, 6) is 2.16. The molecule has 0 unspecified atom stereocenters. The van der Waals surface area contributed by atoms with E-state index in [9.17, 15) is 0 Å². The topological polar surface area (TPSA) is 42.8 Å². The largest absolute Gasteiger partial charge is 0.493 e. The molecular formula is C29H29ClN2O2. The predicted molar refractivity (Wildman–Crippen MR) is 140 cm³/mol. The number of methoxy groups -OCH3 is 1. The summed E-state index contributed by atoms with van der Waals surface area (Å²) in [6.45, 7) is 4.60. The van der Waals surface area contributed by atoms with E-state index in [0.717, 1.165) is 17.7 Å². The van der Waals surface area contributed by atoms with Crippen LogP contribution in [0, 0.1) is 12.8 Å². The van der Waals surface area contributed by atoms with Crippen LogP contribution in [0.1, 0.15) is 47.6 Å². The summed E-state index contributed by atoms with van der Waals surface area (Å²) in [5, 5.41) is 4.32. The molecule has 1 N–H and O–H groups in total. The number of halogens is 1. The molecular weight excluding hydrogens is 444 g/mol. The Morgan fingerprint density at radius 3 is 2.71 bits per heavy atom. The number of ether oxygens (including phenoxy) is 2. The Labute approximate surface area is 206 Å². The predicted octanol–water partition coefficient (Wildman–Crippen LogP) is 7.63. The number of nitrogens with zero attached hydrogens (tertiary/aromatic N) is 1. The van der Waals surface area contributed by atoms with E-state index in [1.54, 1.807) is 13.3 Å². The maximum Gasteiger partial charge on any atom is 0.179 e. The van der Waals surface area contributed by atoms with E-state index in [1.165, 1.54) is 22.4 Å². The quantitative estimate of drug-likeness (QED) is 0.296. The van der Waals surface area contributed by atoms with Gasteiger partial charge in [-0.1, -0.05) is 53.6 Å². The summed E-state index contributed by atoms with van der Waals surface area (Å²) in [7, 11) is 1.61. The highest BCUT2D eigenvalue weighted by molar-refractivity contribution is 6.32. The Bertz CT molecular complexity index is 1250. The van der Waals surface area contributed by atoms with Crippen molar-refractivity contribution in [3.8, 4) is 11.5 Å². The van der Waals surface area contributed by atoms with Crippen LogP contribution in [-0.4, -0.2) is 19.9 Å². The second kappa shape index (κ2) is 9.55. The lowest BCUT2D eigenvalue weighted by molar-refractivity contribution is 0.311. The van der Waals surface area contributed by atoms with Crippen LogP contribution in [0.2, 0.25) is 5.02 Å². The summed E-state index contributed by atoms with van der Waals surface area (Å²) in [5.41, 5.74) is 7.00. The highest BCUT2D eigenvalue weighted by atomic mass is 35.5. The first-order chi connectivity index (χ1) is 16.6. The Morgan fingerprint density at radius 1 is 1.12 bits per heavy atom. The Hall–Kier alpha value is -3.24. The molecule has 0 bridgehead atoms. The first-order valence-corrected chi connectivity index (χ1v) is 12.1. The molecule has 3 aromatic carbocycles. The molecule has 0 saturated carbocycles. The van der Waals surface area contributed by atoms with Gasteiger partial charge in [0.2, 0.25) is 0 Å². The van der Waals surface area contributed by atoms with Crippen LogP contribution >= 0.6 is 11.6 Å². The van der Waals surface area contributed by atoms with Crippen LogP contribution in [-0.2, 0) is 0 Å². The van der Waals surface area contributed by atoms with Crippen LogP contribution < -0.4 is 14.8 Å². The number of hydrogen-bond donors (Lipinski definition) is 1. The van der Waals surface area contributed by atoms with Gasteiger partial charge >= 0.3 is 0 Å². The number of hydrogen-bond acceptors (Lipinski definition) is 4. The third-order valence-corrected chi connectivity index (χ3v) is 6.95. The number of benzene rings is 3. The van der Waals surface area contributed by atoms with E-state index in [-0.39, 0.29) is 6.04 Å². The van der Waals surface area contributed by atoms with Gasteiger partial charge in [0, 0.05) is 17.8 Å². The maximum atomic E-state index is 6.39. The number of aryl methyl sites for hydroxylation is 1. The first-order valence-electron chi connectivity index (χ1n) is 11.8. The molecule has 4 nitrogen and oxygen atoms in total. The van der Waals surface area contributed by atoms with Crippen molar-refractivity contribution in [1.29, 1.82) is 0 Å². The van der Waals surface area contributed by atoms with Crippen LogP contribution in [0.25, 0.3) is 0 Å². The van der Waals surface area contributed by atoms with Gasteiger partial charge in [-0.3, -0.25) is 4.99 Å². The van der Waals surface area contributed by atoms with Crippen molar-refractivity contribution in [2.75, 3.05) is 19.0 Å². The summed E-state index contributed by atoms with van der Waals surface area (Å²) >= 11 is 6.39. The fourth-order valence-electron chi connectivity index (χ4n) is 5.06. The molecule has 2 aliphatic rings. The van der Waals surface area contributed by atoms with Gasteiger partial charge in [0.15, 0.2) is 11.5 Å². The fourth-order valence-corrected chi connectivity index (χ4v) is 5.33. The second-order valence-corrected chi connectivity index (χ2v) is 9.29. The van der Waals surface area contributed by atoms with Gasteiger partial charge in [0.05, 0.1) is 30.5 Å². The number of fused-ring (bicyclic) bond motifs is 3. The zero-order valence-corrected chi connectivity index (χ0v) is 20.5. The van der Waals surface area contributed by atoms with E-state index in [1.807, 2.05) is 19.1 Å². The minimum absolute atomic E-state index is 0.280. The normalized spacial score (nSPS) is 20.6. The summed E-state index contributed by atoms with van der Waals surface area (Å²) in [6.07, 6.45) is 7.60. The SMILES string of the molecule is CCOc1c(Cl)cc(C=Nc2ccc([C@@H]3Nc4ccc(C)cc4[C@H]4C=CC[C@@H]43)cc2)cc1OC. The third kappa shape index (κ3) is 4.30. The first kappa shape index (κ1) is 22.5. The maximum absolute atomic E-state index is 6.39. The van der Waals surface area contributed by atoms with Crippen LogP contribution in [0.4, 0.5) is 11.4 Å². The average Bonchev–Trinajstić information content (AvgIpc) is 3.34. The summed E-state index contributed by atoms with van der Waals surface area (Å²) in [4.78, 5) is 4.65. The Morgan fingerprint density at radius 2 is 1.94 bits per heavy atom. The Balaban J connectivity index is 1.36. The van der Waals surface area contributed by atoms with Gasteiger partial charge in [-0.15, -0.1) is 0 Å². The van der Waals surface area contributed by atoms with Crippen LogP contribution in [0.5, 0.6) is 11.5 Å². The smallest absolute Gasteiger partial charge is 0.179 e. The molecule has 1 aliphatic heterocycles. The van der Waals surface area contributed by atoms with E-state index in [0.29, 0.717) is 35.0 Å². The minimum Gasteiger partial charge on any atom is -0.493 e. The van der Waals surface area contributed by atoms with Crippen molar-refractivity contribution in [3.05, 3.63) is 94.0 Å². The molecule has 0 amide bonds. The van der Waals surface area contributed by atoms with E-state index in [4.69, 9.17) is 21.1 Å². The van der Waals surface area contributed by atoms with Gasteiger partial charge in [-0.25, -0.2) is 0 Å². The van der Waals surface area contributed by atoms with Gasteiger partial charge in [-0.05, 0) is 73.2 Å². The molecule has 0 aromatic heterocycles. The van der Waals surface area contributed by atoms with Crippen molar-refractivity contribution in [2.45, 2.75) is 32.2 Å². The lowest BCUT2D eigenvalue weighted by Crippen LogP contribution is -2.29. The highest BCUT2D eigenvalue weighted by Gasteiger charge is 2.37. The average molecular weight is 473 g/mol. The molecule has 0 spiro atoms. The zero-order valence-electron chi connectivity index (χ0n) is 19.7. The van der Waals surface area contributed by atoms with Crippen molar-refractivity contribution >= 4 is 29.2 Å². The standard InChI is InChI=1S/C29H29ClN2O2/c1-4-34-29-25(30)15-19(16-27(29)33-3)17-31-21-11-9-20(10-12-21)28-23-7-5-6-22(23)24-14-18(2)8-13-26(24)32-28/h5-6,8-17,22-23,28,32H,4,7H2,1-3H3/t22-,23-,28-/m0/s1. The zero-order chi connectivity index (χ0) is 23.7. The molecule has 3 aromatic rings. The lowest BCUT2D eigenvalue weighted by atomic mass is 9.76. The Kier molecular flexibility index (Phi) is 6.34. The lowest BCUT2D eigenvalue weighted by Gasteiger charge is -2.37. The molecule has 174 valence electrons. The number of rotatable bonds is 6. The molecule has 0 fully saturated rings. The third-order valence-electron chi connectivity index (χ3n) is 6.67. The molecule has 1 heterocycles.